The maximum absolute atomic E-state index is 10.8. The van der Waals surface area contributed by atoms with Crippen LogP contribution in [0.25, 0.3) is 11.1 Å². The Kier molecular flexibility index (Phi) is 3.11. The highest BCUT2D eigenvalue weighted by Crippen LogP contribution is 2.38. The third kappa shape index (κ3) is 2.27. The second kappa shape index (κ2) is 5.05. The first kappa shape index (κ1) is 14.2. The van der Waals surface area contributed by atoms with Gasteiger partial charge in [-0.05, 0) is 24.6 Å². The summed E-state index contributed by atoms with van der Waals surface area (Å²) in [4.78, 5) is 4.57. The van der Waals surface area contributed by atoms with Crippen LogP contribution in [0.1, 0.15) is 23.7 Å². The van der Waals surface area contributed by atoms with Crippen LogP contribution in [-0.4, -0.2) is 16.0 Å². The summed E-state index contributed by atoms with van der Waals surface area (Å²) < 4.78 is 5.08. The molecule has 1 atom stereocenters. The van der Waals surface area contributed by atoms with Crippen LogP contribution in [0.4, 0.5) is 0 Å². The molecule has 2 heterocycles. The fourth-order valence-electron chi connectivity index (χ4n) is 2.85. The van der Waals surface area contributed by atoms with Gasteiger partial charge >= 0.3 is 0 Å². The molecule has 0 spiro atoms. The van der Waals surface area contributed by atoms with Crippen molar-refractivity contribution in [2.24, 2.45) is 4.99 Å². The predicted octanol–water partition coefficient (Wildman–Crippen LogP) is 4.01. The van der Waals surface area contributed by atoms with Crippen molar-refractivity contribution < 1.29 is 9.63 Å². The van der Waals surface area contributed by atoms with Crippen LogP contribution in [0, 0.1) is 0 Å². The van der Waals surface area contributed by atoms with Gasteiger partial charge in [0.1, 0.15) is 12.0 Å². The van der Waals surface area contributed by atoms with Crippen LogP contribution in [-0.2, 0) is 5.72 Å². The second-order valence-corrected chi connectivity index (χ2v) is 6.05. The zero-order chi connectivity index (χ0) is 16.0. The molecule has 114 valence electrons. The first-order chi connectivity index (χ1) is 11.1. The molecular formula is C18H13ClN2O2. The molecule has 5 heteroatoms. The summed E-state index contributed by atoms with van der Waals surface area (Å²) in [6, 6.07) is 15.2. The molecule has 0 bridgehead atoms. The van der Waals surface area contributed by atoms with Gasteiger partial charge in [0.25, 0.3) is 0 Å². The summed E-state index contributed by atoms with van der Waals surface area (Å²) >= 11 is 5.98. The molecule has 1 aromatic heterocycles. The fraction of sp³-hybridized carbons (Fsp3) is 0.111. The van der Waals surface area contributed by atoms with Gasteiger partial charge in [-0.3, -0.25) is 0 Å². The number of benzene rings is 2. The van der Waals surface area contributed by atoms with Crippen LogP contribution in [0.3, 0.4) is 0 Å². The summed E-state index contributed by atoms with van der Waals surface area (Å²) in [5, 5.41) is 15.4. The molecule has 4 rings (SSSR count). The zero-order valence-electron chi connectivity index (χ0n) is 12.3. The van der Waals surface area contributed by atoms with Gasteiger partial charge in [0.15, 0.2) is 0 Å². The van der Waals surface area contributed by atoms with Crippen molar-refractivity contribution in [3.63, 3.8) is 0 Å². The van der Waals surface area contributed by atoms with Gasteiger partial charge in [-0.2, -0.15) is 0 Å². The molecular weight excluding hydrogens is 312 g/mol. The van der Waals surface area contributed by atoms with Crippen molar-refractivity contribution in [3.05, 3.63) is 76.6 Å². The summed E-state index contributed by atoms with van der Waals surface area (Å²) in [6.45, 7) is 1.61. The molecule has 0 fully saturated rings. The summed E-state index contributed by atoms with van der Waals surface area (Å²) in [5.74, 6) is 0. The molecule has 1 N–H and O–H groups in total. The van der Waals surface area contributed by atoms with Gasteiger partial charge in [-0.1, -0.05) is 53.2 Å². The van der Waals surface area contributed by atoms with Gasteiger partial charge in [0.05, 0.1) is 11.3 Å². The van der Waals surface area contributed by atoms with Crippen molar-refractivity contribution in [2.75, 3.05) is 0 Å². The van der Waals surface area contributed by atoms with E-state index in [9.17, 15) is 5.11 Å². The van der Waals surface area contributed by atoms with E-state index in [4.69, 9.17) is 16.1 Å². The number of aliphatic imine (C=N–C) groups is 1. The van der Waals surface area contributed by atoms with Crippen LogP contribution in [0.5, 0.6) is 0 Å². The molecule has 1 unspecified atom stereocenters. The minimum absolute atomic E-state index is 0.411. The molecule has 0 saturated heterocycles. The van der Waals surface area contributed by atoms with Gasteiger partial charge in [-0.15, -0.1) is 0 Å². The normalized spacial score (nSPS) is 19.5. The number of hydrogen-bond acceptors (Lipinski definition) is 4. The SMILES string of the molecule is CC1(O)N=C(c2ccc(Cl)cc2)c2ccccc2-c2conc21. The zero-order valence-corrected chi connectivity index (χ0v) is 13.1. The van der Waals surface area contributed by atoms with E-state index >= 15 is 0 Å². The second-order valence-electron chi connectivity index (χ2n) is 5.61. The molecule has 0 radical (unpaired) electrons. The molecule has 0 saturated carbocycles. The summed E-state index contributed by atoms with van der Waals surface area (Å²) in [6.07, 6.45) is 1.54. The highest BCUT2D eigenvalue weighted by Gasteiger charge is 2.35. The first-order valence-electron chi connectivity index (χ1n) is 7.19. The average molecular weight is 325 g/mol. The average Bonchev–Trinajstić information content (AvgIpc) is 3.01. The number of aromatic nitrogens is 1. The lowest BCUT2D eigenvalue weighted by Gasteiger charge is -2.16. The Morgan fingerprint density at radius 1 is 1.00 bits per heavy atom. The number of fused-ring (bicyclic) bond motifs is 3. The van der Waals surface area contributed by atoms with Crippen molar-refractivity contribution in [1.82, 2.24) is 5.16 Å². The highest BCUT2D eigenvalue weighted by molar-refractivity contribution is 6.30. The van der Waals surface area contributed by atoms with E-state index in [2.05, 4.69) is 10.1 Å². The molecule has 0 aliphatic carbocycles. The maximum atomic E-state index is 10.8. The van der Waals surface area contributed by atoms with Crippen LogP contribution in [0.2, 0.25) is 5.02 Å². The Morgan fingerprint density at radius 2 is 1.70 bits per heavy atom. The Labute approximate surface area is 138 Å². The molecule has 1 aliphatic rings. The van der Waals surface area contributed by atoms with Crippen LogP contribution in [0.15, 0.2) is 64.3 Å². The van der Waals surface area contributed by atoms with E-state index in [-0.39, 0.29) is 0 Å². The summed E-state index contributed by atoms with van der Waals surface area (Å²) in [5.41, 5.74) is 3.10. The number of hydrogen-bond donors (Lipinski definition) is 1. The lowest BCUT2D eigenvalue weighted by Crippen LogP contribution is -2.21. The Hall–Kier alpha value is -2.43. The molecule has 0 amide bonds. The van der Waals surface area contributed by atoms with Crippen molar-refractivity contribution in [1.29, 1.82) is 0 Å². The van der Waals surface area contributed by atoms with Gasteiger partial charge in [0, 0.05) is 16.1 Å². The van der Waals surface area contributed by atoms with Gasteiger partial charge < -0.3 is 9.63 Å². The smallest absolute Gasteiger partial charge is 0.201 e. The maximum Gasteiger partial charge on any atom is 0.201 e. The molecule has 23 heavy (non-hydrogen) atoms. The standard InChI is InChI=1S/C18H13ClN2O2/c1-18(22)17-15(10-23-21-17)13-4-2-3-5-14(13)16(20-18)11-6-8-12(19)9-7-11/h2-10,22H,1H3. The highest BCUT2D eigenvalue weighted by atomic mass is 35.5. The number of nitrogens with zero attached hydrogens (tertiary/aromatic N) is 2. The Bertz CT molecular complexity index is 911. The van der Waals surface area contributed by atoms with Crippen LogP contribution >= 0.6 is 11.6 Å². The molecule has 3 aromatic rings. The monoisotopic (exact) mass is 324 g/mol. The predicted molar refractivity (Wildman–Crippen MR) is 88.6 cm³/mol. The fourth-order valence-corrected chi connectivity index (χ4v) is 2.98. The van der Waals surface area contributed by atoms with E-state index in [0.29, 0.717) is 16.4 Å². The minimum Gasteiger partial charge on any atom is -0.364 e. The van der Waals surface area contributed by atoms with E-state index in [1.54, 1.807) is 13.2 Å². The Morgan fingerprint density at radius 3 is 2.43 bits per heavy atom. The molecule has 4 nitrogen and oxygen atoms in total. The topological polar surface area (TPSA) is 58.6 Å². The van der Waals surface area contributed by atoms with Crippen molar-refractivity contribution >= 4 is 17.3 Å². The first-order valence-corrected chi connectivity index (χ1v) is 7.57. The van der Waals surface area contributed by atoms with Gasteiger partial charge in [-0.25, -0.2) is 4.99 Å². The van der Waals surface area contributed by atoms with Crippen molar-refractivity contribution in [2.45, 2.75) is 12.6 Å². The lowest BCUT2D eigenvalue weighted by atomic mass is 9.94. The van der Waals surface area contributed by atoms with Crippen molar-refractivity contribution in [3.8, 4) is 11.1 Å². The number of aliphatic hydroxyl groups is 1. The van der Waals surface area contributed by atoms with Gasteiger partial charge in [0.2, 0.25) is 5.72 Å². The number of halogens is 1. The minimum atomic E-state index is -1.48. The van der Waals surface area contributed by atoms with E-state index in [0.717, 1.165) is 22.3 Å². The molecule has 1 aliphatic heterocycles. The van der Waals surface area contributed by atoms with Crippen LogP contribution < -0.4 is 0 Å². The van der Waals surface area contributed by atoms with E-state index in [1.165, 1.54) is 0 Å². The lowest BCUT2D eigenvalue weighted by molar-refractivity contribution is 0.0603. The largest absolute Gasteiger partial charge is 0.364 e. The van der Waals surface area contributed by atoms with E-state index in [1.807, 2.05) is 48.5 Å². The third-order valence-corrected chi connectivity index (χ3v) is 4.19. The van der Waals surface area contributed by atoms with E-state index < -0.39 is 5.72 Å². The quantitative estimate of drug-likeness (QED) is 0.735. The third-order valence-electron chi connectivity index (χ3n) is 3.94. The Balaban J connectivity index is 2.03. The summed E-state index contributed by atoms with van der Waals surface area (Å²) in [7, 11) is 0. The number of rotatable bonds is 1. The molecule has 2 aromatic carbocycles.